The lowest BCUT2D eigenvalue weighted by Gasteiger charge is -2.10. The van der Waals surface area contributed by atoms with Crippen LogP contribution in [0.1, 0.15) is 21.6 Å². The number of aryl methyl sites for hydroxylation is 1. The average Bonchev–Trinajstić information content (AvgIpc) is 3.02. The number of hydrogen-bond acceptors (Lipinski definition) is 2. The molecule has 4 rings (SSSR count). The number of rotatable bonds is 3. The Morgan fingerprint density at radius 1 is 0.917 bits per heavy atom. The minimum Gasteiger partial charge on any atom is -0.290 e. The molecule has 3 nitrogen and oxygen atoms in total. The predicted octanol–water partition coefficient (Wildman–Crippen LogP) is 4.56. The quantitative estimate of drug-likeness (QED) is 0.520. The van der Waals surface area contributed by atoms with E-state index in [9.17, 15) is 4.79 Å². The molecule has 116 valence electrons. The molecular weight excluding hydrogens is 296 g/mol. The number of hydrogen-bond donors (Lipinski definition) is 0. The lowest BCUT2D eigenvalue weighted by Crippen LogP contribution is -2.10. The highest BCUT2D eigenvalue weighted by Crippen LogP contribution is 2.26. The summed E-state index contributed by atoms with van der Waals surface area (Å²) in [6, 6.07) is 23.3. The molecule has 0 saturated heterocycles. The summed E-state index contributed by atoms with van der Waals surface area (Å²) in [7, 11) is 0. The fraction of sp³-hybridized carbons (Fsp3) is 0.0476. The number of para-hydroxylation sites is 1. The van der Waals surface area contributed by atoms with Gasteiger partial charge in [-0.15, -0.1) is 0 Å². The molecule has 0 amide bonds. The Hall–Kier alpha value is -3.20. The second-order valence-corrected chi connectivity index (χ2v) is 5.76. The van der Waals surface area contributed by atoms with Gasteiger partial charge in [-0.05, 0) is 36.8 Å². The van der Waals surface area contributed by atoms with Crippen molar-refractivity contribution in [3.63, 3.8) is 0 Å². The summed E-state index contributed by atoms with van der Waals surface area (Å²) in [6.45, 7) is 1.96. The zero-order valence-electron chi connectivity index (χ0n) is 13.3. The summed E-state index contributed by atoms with van der Waals surface area (Å²) >= 11 is 0. The second-order valence-electron chi connectivity index (χ2n) is 5.76. The Morgan fingerprint density at radius 2 is 1.67 bits per heavy atom. The molecule has 0 atom stereocenters. The number of benzene rings is 2. The highest BCUT2D eigenvalue weighted by atomic mass is 16.1. The standard InChI is InChI=1S/C21H16N2O/c1-15-8-2-4-10-17(15)21(24)19-14-16-9-3-5-11-18(16)23(19)20-12-6-7-13-22-20/h2-14H,1H3. The Morgan fingerprint density at radius 3 is 2.46 bits per heavy atom. The summed E-state index contributed by atoms with van der Waals surface area (Å²) < 4.78 is 1.93. The van der Waals surface area contributed by atoms with Crippen molar-refractivity contribution in [3.05, 3.63) is 95.8 Å². The summed E-state index contributed by atoms with van der Waals surface area (Å²) in [5, 5.41) is 1.03. The van der Waals surface area contributed by atoms with Crippen molar-refractivity contribution in [2.45, 2.75) is 6.92 Å². The van der Waals surface area contributed by atoms with Gasteiger partial charge in [-0.1, -0.05) is 48.5 Å². The summed E-state index contributed by atoms with van der Waals surface area (Å²) in [5.74, 6) is 0.755. The van der Waals surface area contributed by atoms with Gasteiger partial charge in [0.25, 0.3) is 0 Å². The summed E-state index contributed by atoms with van der Waals surface area (Å²) in [5.41, 5.74) is 3.30. The van der Waals surface area contributed by atoms with E-state index in [1.807, 2.05) is 84.3 Å². The average molecular weight is 312 g/mol. The van der Waals surface area contributed by atoms with Crippen LogP contribution in [0.25, 0.3) is 16.7 Å². The molecule has 4 aromatic rings. The van der Waals surface area contributed by atoms with Crippen LogP contribution in [0.5, 0.6) is 0 Å². The van der Waals surface area contributed by atoms with Crippen LogP contribution in [0.4, 0.5) is 0 Å². The minimum absolute atomic E-state index is 0.00922. The van der Waals surface area contributed by atoms with E-state index >= 15 is 0 Å². The van der Waals surface area contributed by atoms with Gasteiger partial charge < -0.3 is 0 Å². The summed E-state index contributed by atoms with van der Waals surface area (Å²) in [6.07, 6.45) is 1.74. The van der Waals surface area contributed by atoms with Crippen LogP contribution in [0, 0.1) is 6.92 Å². The highest BCUT2D eigenvalue weighted by Gasteiger charge is 2.19. The second kappa shape index (κ2) is 5.78. The van der Waals surface area contributed by atoms with Crippen molar-refractivity contribution >= 4 is 16.7 Å². The van der Waals surface area contributed by atoms with E-state index in [1.54, 1.807) is 6.20 Å². The molecule has 2 aromatic heterocycles. The third kappa shape index (κ3) is 2.31. The maximum Gasteiger partial charge on any atom is 0.210 e. The molecule has 0 aliphatic rings. The number of aromatic nitrogens is 2. The van der Waals surface area contributed by atoms with Gasteiger partial charge >= 0.3 is 0 Å². The van der Waals surface area contributed by atoms with Gasteiger partial charge in [0, 0.05) is 17.1 Å². The first-order valence-electron chi connectivity index (χ1n) is 7.88. The van der Waals surface area contributed by atoms with Gasteiger partial charge in [-0.2, -0.15) is 0 Å². The third-order valence-corrected chi connectivity index (χ3v) is 4.21. The van der Waals surface area contributed by atoms with E-state index in [0.717, 1.165) is 27.8 Å². The lowest BCUT2D eigenvalue weighted by molar-refractivity contribution is 0.103. The fourth-order valence-corrected chi connectivity index (χ4v) is 3.02. The molecule has 0 saturated carbocycles. The van der Waals surface area contributed by atoms with Gasteiger partial charge in [0.05, 0.1) is 11.2 Å². The van der Waals surface area contributed by atoms with Crippen molar-refractivity contribution in [1.82, 2.24) is 9.55 Å². The van der Waals surface area contributed by atoms with E-state index < -0.39 is 0 Å². The molecule has 0 aliphatic heterocycles. The normalized spacial score (nSPS) is 10.9. The van der Waals surface area contributed by atoms with E-state index in [4.69, 9.17) is 0 Å². The Labute approximate surface area is 140 Å². The minimum atomic E-state index is 0.00922. The SMILES string of the molecule is Cc1ccccc1C(=O)c1cc2ccccc2n1-c1ccccn1. The molecule has 0 aliphatic carbocycles. The zero-order chi connectivity index (χ0) is 16.5. The number of ketones is 1. The number of nitrogens with zero attached hydrogens (tertiary/aromatic N) is 2. The van der Waals surface area contributed by atoms with Crippen LogP contribution >= 0.6 is 0 Å². The highest BCUT2D eigenvalue weighted by molar-refractivity contribution is 6.11. The van der Waals surface area contributed by atoms with Crippen LogP contribution in [-0.4, -0.2) is 15.3 Å². The molecule has 2 heterocycles. The van der Waals surface area contributed by atoms with Gasteiger partial charge in [0.2, 0.25) is 5.78 Å². The monoisotopic (exact) mass is 312 g/mol. The summed E-state index contributed by atoms with van der Waals surface area (Å²) in [4.78, 5) is 17.6. The number of fused-ring (bicyclic) bond motifs is 1. The first kappa shape index (κ1) is 14.4. The van der Waals surface area contributed by atoms with Crippen LogP contribution in [0.15, 0.2) is 79.0 Å². The topological polar surface area (TPSA) is 34.9 Å². The van der Waals surface area contributed by atoms with Crippen LogP contribution in [0.3, 0.4) is 0 Å². The number of carbonyl (C=O) groups excluding carboxylic acids is 1. The largest absolute Gasteiger partial charge is 0.290 e. The van der Waals surface area contributed by atoms with Crippen LogP contribution in [-0.2, 0) is 0 Å². The van der Waals surface area contributed by atoms with Crippen LogP contribution in [0.2, 0.25) is 0 Å². The van der Waals surface area contributed by atoms with Gasteiger partial charge in [-0.3, -0.25) is 9.36 Å². The molecule has 0 bridgehead atoms. The maximum absolute atomic E-state index is 13.2. The Kier molecular flexibility index (Phi) is 3.47. The van der Waals surface area contributed by atoms with Crippen molar-refractivity contribution < 1.29 is 4.79 Å². The van der Waals surface area contributed by atoms with E-state index in [0.29, 0.717) is 5.69 Å². The number of carbonyl (C=O) groups is 1. The van der Waals surface area contributed by atoms with Gasteiger partial charge in [0.1, 0.15) is 5.82 Å². The van der Waals surface area contributed by atoms with Crippen molar-refractivity contribution in [2.24, 2.45) is 0 Å². The van der Waals surface area contributed by atoms with Crippen molar-refractivity contribution in [1.29, 1.82) is 0 Å². The fourth-order valence-electron chi connectivity index (χ4n) is 3.02. The van der Waals surface area contributed by atoms with E-state index in [1.165, 1.54) is 0 Å². The first-order chi connectivity index (χ1) is 11.8. The van der Waals surface area contributed by atoms with Crippen LogP contribution < -0.4 is 0 Å². The molecule has 2 aromatic carbocycles. The van der Waals surface area contributed by atoms with Gasteiger partial charge in [-0.25, -0.2) is 4.98 Å². The Bertz CT molecular complexity index is 1030. The zero-order valence-corrected chi connectivity index (χ0v) is 13.3. The smallest absolute Gasteiger partial charge is 0.210 e. The maximum atomic E-state index is 13.2. The molecular formula is C21H16N2O. The molecule has 0 fully saturated rings. The molecule has 0 unspecified atom stereocenters. The molecule has 3 heteroatoms. The molecule has 24 heavy (non-hydrogen) atoms. The molecule has 0 radical (unpaired) electrons. The molecule has 0 N–H and O–H groups in total. The van der Waals surface area contributed by atoms with E-state index in [-0.39, 0.29) is 5.78 Å². The first-order valence-corrected chi connectivity index (χ1v) is 7.88. The predicted molar refractivity (Wildman–Crippen MR) is 95.7 cm³/mol. The number of pyridine rings is 1. The third-order valence-electron chi connectivity index (χ3n) is 4.21. The van der Waals surface area contributed by atoms with Gasteiger partial charge in [0.15, 0.2) is 0 Å². The van der Waals surface area contributed by atoms with Crippen molar-refractivity contribution in [3.8, 4) is 5.82 Å². The van der Waals surface area contributed by atoms with Crippen molar-refractivity contribution in [2.75, 3.05) is 0 Å². The molecule has 0 spiro atoms. The lowest BCUT2D eigenvalue weighted by atomic mass is 10.0. The Balaban J connectivity index is 1.99. The van der Waals surface area contributed by atoms with E-state index in [2.05, 4.69) is 4.98 Å².